The summed E-state index contributed by atoms with van der Waals surface area (Å²) < 4.78 is 34.0. The van der Waals surface area contributed by atoms with Gasteiger partial charge in [-0.25, -0.2) is 0 Å². The van der Waals surface area contributed by atoms with Gasteiger partial charge in [0, 0.05) is 11.3 Å². The molecule has 0 amide bonds. The zero-order valence-corrected chi connectivity index (χ0v) is 16.5. The summed E-state index contributed by atoms with van der Waals surface area (Å²) in [6.45, 7) is 1.87. The molecule has 0 radical (unpaired) electrons. The predicted molar refractivity (Wildman–Crippen MR) is 108 cm³/mol. The molecule has 28 heavy (non-hydrogen) atoms. The zero-order chi connectivity index (χ0) is 19.9. The van der Waals surface area contributed by atoms with Crippen LogP contribution in [0.3, 0.4) is 0 Å². The van der Waals surface area contributed by atoms with Gasteiger partial charge >= 0.3 is 6.61 Å². The number of piperazine rings is 1. The van der Waals surface area contributed by atoms with Crippen LogP contribution >= 0.6 is 12.2 Å². The van der Waals surface area contributed by atoms with Crippen LogP contribution < -0.4 is 19.7 Å². The fraction of sp³-hybridized carbons (Fsp3) is 0.350. The minimum Gasteiger partial charge on any atom is -0.497 e. The van der Waals surface area contributed by atoms with Crippen molar-refractivity contribution in [3.63, 3.8) is 0 Å². The number of thiocarbonyl (C=S) groups is 1. The Hall–Kier alpha value is -2.45. The fourth-order valence-electron chi connectivity index (χ4n) is 3.16. The van der Waals surface area contributed by atoms with Crippen molar-refractivity contribution >= 4 is 23.0 Å². The maximum absolute atomic E-state index is 12.2. The number of halogens is 2. The van der Waals surface area contributed by atoms with E-state index in [0.29, 0.717) is 5.11 Å². The van der Waals surface area contributed by atoms with Crippen molar-refractivity contribution in [1.29, 1.82) is 0 Å². The van der Waals surface area contributed by atoms with Crippen LogP contribution in [0.4, 0.5) is 14.5 Å². The molecule has 2 aromatic rings. The Morgan fingerprint density at radius 2 is 1.68 bits per heavy atom. The minimum absolute atomic E-state index is 0.127. The number of hydrogen-bond acceptors (Lipinski definition) is 3. The molecule has 3 rings (SSSR count). The highest BCUT2D eigenvalue weighted by Gasteiger charge is 2.22. The minimum atomic E-state index is -2.82. The number of alkyl halides is 2. The lowest BCUT2D eigenvalue weighted by Gasteiger charge is -2.34. The molecule has 1 saturated heterocycles. The van der Waals surface area contributed by atoms with Crippen LogP contribution in [0.2, 0.25) is 0 Å². The highest BCUT2D eigenvalue weighted by Crippen LogP contribution is 2.18. The van der Waals surface area contributed by atoms with E-state index in [1.54, 1.807) is 19.2 Å². The van der Waals surface area contributed by atoms with E-state index < -0.39 is 6.61 Å². The van der Waals surface area contributed by atoms with Crippen molar-refractivity contribution in [3.05, 3.63) is 54.1 Å². The first-order valence-corrected chi connectivity index (χ1v) is 9.51. The van der Waals surface area contributed by atoms with Gasteiger partial charge in [-0.2, -0.15) is 8.78 Å². The van der Waals surface area contributed by atoms with Gasteiger partial charge in [-0.3, -0.25) is 0 Å². The first-order valence-electron chi connectivity index (χ1n) is 9.11. The normalized spacial score (nSPS) is 14.8. The van der Waals surface area contributed by atoms with Crippen LogP contribution in [0.1, 0.15) is 5.56 Å². The van der Waals surface area contributed by atoms with Gasteiger partial charge in [0.2, 0.25) is 0 Å². The number of nitrogens with zero attached hydrogens (tertiary/aromatic N) is 1. The molecule has 0 saturated carbocycles. The molecule has 150 valence electrons. The Morgan fingerprint density at radius 1 is 1.07 bits per heavy atom. The summed E-state index contributed by atoms with van der Waals surface area (Å²) in [5.41, 5.74) is 2.04. The maximum Gasteiger partial charge on any atom is 0.387 e. The Bertz CT molecular complexity index is 764. The fourth-order valence-corrected chi connectivity index (χ4v) is 3.46. The lowest BCUT2D eigenvalue weighted by molar-refractivity contribution is -0.917. The van der Waals surface area contributed by atoms with Gasteiger partial charge in [-0.05, 0) is 60.7 Å². The summed E-state index contributed by atoms with van der Waals surface area (Å²) in [5, 5.41) is 3.80. The number of quaternary nitrogens is 1. The average Bonchev–Trinajstić information content (AvgIpc) is 2.70. The number of hydrogen-bond donors (Lipinski definition) is 2. The van der Waals surface area contributed by atoms with E-state index >= 15 is 0 Å². The average molecular weight is 408 g/mol. The van der Waals surface area contributed by atoms with E-state index in [1.165, 1.54) is 22.6 Å². The Morgan fingerprint density at radius 3 is 2.25 bits per heavy atom. The highest BCUT2D eigenvalue weighted by molar-refractivity contribution is 7.80. The standard InChI is InChI=1S/C20H23F2N3O2S/c1-26-17-6-2-15(3-7-17)14-24-10-12-25(13-11-24)20(28)23-16-4-8-18(9-5-16)27-19(21)22/h2-9,19H,10-14H2,1H3,(H,23,28)/p+1. The first kappa shape index (κ1) is 20.3. The molecular formula is C20H24F2N3O2S+. The van der Waals surface area contributed by atoms with Gasteiger partial charge in [0.05, 0.1) is 33.3 Å². The second-order valence-corrected chi connectivity index (χ2v) is 6.98. The quantitative estimate of drug-likeness (QED) is 0.719. The smallest absolute Gasteiger partial charge is 0.387 e. The van der Waals surface area contributed by atoms with Crippen LogP contribution in [0, 0.1) is 0 Å². The van der Waals surface area contributed by atoms with Gasteiger partial charge in [-0.15, -0.1) is 0 Å². The van der Waals surface area contributed by atoms with Crippen molar-refractivity contribution in [2.24, 2.45) is 0 Å². The predicted octanol–water partition coefficient (Wildman–Crippen LogP) is 2.39. The van der Waals surface area contributed by atoms with Crippen LogP contribution in [-0.4, -0.2) is 49.9 Å². The molecule has 1 aliphatic rings. The number of nitrogens with one attached hydrogen (secondary N) is 2. The number of methoxy groups -OCH3 is 1. The van der Waals surface area contributed by atoms with E-state index in [0.717, 1.165) is 44.2 Å². The largest absolute Gasteiger partial charge is 0.497 e. The molecule has 2 aromatic carbocycles. The lowest BCUT2D eigenvalue weighted by Crippen LogP contribution is -3.13. The molecule has 1 heterocycles. The molecule has 8 heteroatoms. The molecule has 0 bridgehead atoms. The van der Waals surface area contributed by atoms with Crippen molar-refractivity contribution in [2.45, 2.75) is 13.2 Å². The Balaban J connectivity index is 1.45. The third-order valence-corrected chi connectivity index (χ3v) is 5.06. The topological polar surface area (TPSA) is 38.2 Å². The Labute approximate surface area is 168 Å². The van der Waals surface area contributed by atoms with E-state index in [2.05, 4.69) is 27.1 Å². The van der Waals surface area contributed by atoms with Gasteiger partial charge in [0.25, 0.3) is 0 Å². The molecule has 1 fully saturated rings. The van der Waals surface area contributed by atoms with Crippen molar-refractivity contribution in [2.75, 3.05) is 38.6 Å². The van der Waals surface area contributed by atoms with Crippen LogP contribution in [-0.2, 0) is 6.54 Å². The summed E-state index contributed by atoms with van der Waals surface area (Å²) in [5.74, 6) is 0.996. The molecule has 5 nitrogen and oxygen atoms in total. The van der Waals surface area contributed by atoms with Gasteiger partial charge in [0.15, 0.2) is 5.11 Å². The SMILES string of the molecule is COc1ccc(C[NH+]2CCN(C(=S)Nc3ccc(OC(F)F)cc3)CC2)cc1. The first-order chi connectivity index (χ1) is 13.5. The maximum atomic E-state index is 12.2. The summed E-state index contributed by atoms with van der Waals surface area (Å²) in [4.78, 5) is 3.65. The third-order valence-electron chi connectivity index (χ3n) is 4.70. The monoisotopic (exact) mass is 408 g/mol. The second-order valence-electron chi connectivity index (χ2n) is 6.59. The van der Waals surface area contributed by atoms with Crippen LogP contribution in [0.5, 0.6) is 11.5 Å². The second kappa shape index (κ2) is 9.66. The summed E-state index contributed by atoms with van der Waals surface area (Å²) in [6, 6.07) is 14.5. The summed E-state index contributed by atoms with van der Waals surface area (Å²) in [7, 11) is 1.67. The zero-order valence-electron chi connectivity index (χ0n) is 15.7. The van der Waals surface area contributed by atoms with Gasteiger partial charge < -0.3 is 24.6 Å². The van der Waals surface area contributed by atoms with Crippen LogP contribution in [0.15, 0.2) is 48.5 Å². The summed E-state index contributed by atoms with van der Waals surface area (Å²) >= 11 is 5.50. The molecule has 0 spiro atoms. The van der Waals surface area contributed by atoms with Gasteiger partial charge in [0.1, 0.15) is 18.0 Å². The molecule has 0 atom stereocenters. The lowest BCUT2D eigenvalue weighted by atomic mass is 10.2. The van der Waals surface area contributed by atoms with Crippen molar-refractivity contribution < 1.29 is 23.2 Å². The van der Waals surface area contributed by atoms with E-state index in [1.807, 2.05) is 12.1 Å². The molecule has 0 aliphatic carbocycles. The third kappa shape index (κ3) is 5.77. The number of anilines is 1. The number of benzene rings is 2. The highest BCUT2D eigenvalue weighted by atomic mass is 32.1. The van der Waals surface area contributed by atoms with Crippen LogP contribution in [0.25, 0.3) is 0 Å². The Kier molecular flexibility index (Phi) is 7.00. The van der Waals surface area contributed by atoms with Crippen molar-refractivity contribution in [3.8, 4) is 11.5 Å². The number of ether oxygens (including phenoxy) is 2. The molecular weight excluding hydrogens is 384 g/mol. The molecule has 0 unspecified atom stereocenters. The number of rotatable bonds is 6. The molecule has 2 N–H and O–H groups in total. The van der Waals surface area contributed by atoms with E-state index in [4.69, 9.17) is 17.0 Å². The molecule has 0 aromatic heterocycles. The van der Waals surface area contributed by atoms with Gasteiger partial charge in [-0.1, -0.05) is 0 Å². The van der Waals surface area contributed by atoms with E-state index in [9.17, 15) is 8.78 Å². The molecule has 1 aliphatic heterocycles. The summed E-state index contributed by atoms with van der Waals surface area (Å²) in [6.07, 6.45) is 0. The van der Waals surface area contributed by atoms with Crippen molar-refractivity contribution in [1.82, 2.24) is 4.90 Å². The van der Waals surface area contributed by atoms with E-state index in [-0.39, 0.29) is 5.75 Å².